The Morgan fingerprint density at radius 2 is 1.63 bits per heavy atom. The maximum atomic E-state index is 12.4. The first-order valence-corrected chi connectivity index (χ1v) is 10.1. The molecule has 1 N–H and O–H groups in total. The second-order valence-electron chi connectivity index (χ2n) is 6.82. The highest BCUT2D eigenvalue weighted by atomic mass is 16.5. The van der Waals surface area contributed by atoms with Crippen molar-refractivity contribution in [2.24, 2.45) is 0 Å². The Morgan fingerprint density at radius 1 is 0.967 bits per heavy atom. The van der Waals surface area contributed by atoms with Crippen molar-refractivity contribution in [3.8, 4) is 17.2 Å². The van der Waals surface area contributed by atoms with E-state index in [0.717, 1.165) is 30.4 Å². The van der Waals surface area contributed by atoms with Crippen LogP contribution in [-0.4, -0.2) is 33.3 Å². The third kappa shape index (κ3) is 6.99. The summed E-state index contributed by atoms with van der Waals surface area (Å²) in [4.78, 5) is 12.4. The van der Waals surface area contributed by atoms with Crippen LogP contribution in [0.25, 0.3) is 12.2 Å². The van der Waals surface area contributed by atoms with Crippen LogP contribution < -0.4 is 19.5 Å². The van der Waals surface area contributed by atoms with Crippen LogP contribution >= 0.6 is 0 Å². The standard InChI is InChI=1S/C25H31NO4/c1-5-6-12-21(26-24(27)16-14-19-10-8-7-9-11-19)15-13-20-17-22(28-2)25(30-4)23(18-20)29-3/h7-11,13-18,21H,5-6,12H2,1-4H3,(H,26,27)/b15-13+,16-14+. The van der Waals surface area contributed by atoms with Gasteiger partial charge in [-0.15, -0.1) is 0 Å². The predicted octanol–water partition coefficient (Wildman–Crippen LogP) is 5.11. The van der Waals surface area contributed by atoms with Crippen molar-refractivity contribution in [3.05, 3.63) is 65.7 Å². The Hall–Kier alpha value is -3.21. The number of ether oxygens (including phenoxy) is 3. The molecule has 2 rings (SSSR count). The summed E-state index contributed by atoms with van der Waals surface area (Å²) in [5, 5.41) is 3.07. The Balaban J connectivity index is 2.14. The summed E-state index contributed by atoms with van der Waals surface area (Å²) in [5.74, 6) is 1.63. The molecule has 0 aliphatic rings. The van der Waals surface area contributed by atoms with Gasteiger partial charge in [-0.25, -0.2) is 0 Å². The molecule has 5 heteroatoms. The molecule has 0 saturated carbocycles. The van der Waals surface area contributed by atoms with Crippen molar-refractivity contribution < 1.29 is 19.0 Å². The molecule has 0 saturated heterocycles. The van der Waals surface area contributed by atoms with Crippen molar-refractivity contribution in [3.63, 3.8) is 0 Å². The average Bonchev–Trinajstić information content (AvgIpc) is 2.79. The van der Waals surface area contributed by atoms with Crippen molar-refractivity contribution in [1.29, 1.82) is 0 Å². The number of carbonyl (C=O) groups is 1. The first-order valence-electron chi connectivity index (χ1n) is 10.1. The fourth-order valence-corrected chi connectivity index (χ4v) is 3.03. The average molecular weight is 410 g/mol. The maximum absolute atomic E-state index is 12.4. The minimum absolute atomic E-state index is 0.0723. The van der Waals surface area contributed by atoms with E-state index in [1.165, 1.54) is 0 Å². The van der Waals surface area contributed by atoms with Gasteiger partial charge in [0.15, 0.2) is 11.5 Å². The number of hydrogen-bond donors (Lipinski definition) is 1. The molecule has 160 valence electrons. The second-order valence-corrected chi connectivity index (χ2v) is 6.82. The minimum atomic E-state index is -0.116. The SMILES string of the molecule is CCCCC(/C=C/c1cc(OC)c(OC)c(OC)c1)NC(=O)/C=C/c1ccccc1. The lowest BCUT2D eigenvalue weighted by molar-refractivity contribution is -0.116. The lowest BCUT2D eigenvalue weighted by atomic mass is 10.1. The molecule has 0 fully saturated rings. The Morgan fingerprint density at radius 3 is 2.20 bits per heavy atom. The molecule has 2 aromatic carbocycles. The monoisotopic (exact) mass is 409 g/mol. The molecule has 0 spiro atoms. The summed E-state index contributed by atoms with van der Waals surface area (Å²) in [6.07, 6.45) is 10.3. The van der Waals surface area contributed by atoms with Gasteiger partial charge in [0.25, 0.3) is 0 Å². The summed E-state index contributed by atoms with van der Waals surface area (Å²) in [6.45, 7) is 2.14. The molecule has 2 aromatic rings. The number of methoxy groups -OCH3 is 3. The molecule has 0 radical (unpaired) electrons. The molecule has 1 amide bonds. The number of rotatable bonds is 11. The first-order chi connectivity index (χ1) is 14.6. The highest BCUT2D eigenvalue weighted by Crippen LogP contribution is 2.38. The van der Waals surface area contributed by atoms with Crippen molar-refractivity contribution in [2.45, 2.75) is 32.2 Å². The Bertz CT molecular complexity index is 834. The lowest BCUT2D eigenvalue weighted by Gasteiger charge is -2.15. The van der Waals surface area contributed by atoms with E-state index in [1.807, 2.05) is 60.7 Å². The molecule has 0 aromatic heterocycles. The van der Waals surface area contributed by atoms with E-state index in [-0.39, 0.29) is 11.9 Å². The van der Waals surface area contributed by atoms with Crippen LogP contribution in [0.2, 0.25) is 0 Å². The van der Waals surface area contributed by atoms with E-state index in [9.17, 15) is 4.79 Å². The first kappa shape index (κ1) is 23.1. The van der Waals surface area contributed by atoms with E-state index in [4.69, 9.17) is 14.2 Å². The van der Waals surface area contributed by atoms with Gasteiger partial charge in [-0.05, 0) is 35.8 Å². The van der Waals surface area contributed by atoms with E-state index in [2.05, 4.69) is 12.2 Å². The molecule has 0 heterocycles. The van der Waals surface area contributed by atoms with Crippen LogP contribution in [0.15, 0.2) is 54.6 Å². The highest BCUT2D eigenvalue weighted by molar-refractivity contribution is 5.92. The number of unbranched alkanes of at least 4 members (excludes halogenated alkanes) is 1. The molecule has 1 unspecified atom stereocenters. The third-order valence-electron chi connectivity index (χ3n) is 4.63. The molecular formula is C25H31NO4. The summed E-state index contributed by atoms with van der Waals surface area (Å²) in [6, 6.07) is 13.5. The van der Waals surface area contributed by atoms with Gasteiger partial charge in [-0.1, -0.05) is 62.2 Å². The van der Waals surface area contributed by atoms with E-state index >= 15 is 0 Å². The molecule has 0 aliphatic heterocycles. The number of benzene rings is 2. The van der Waals surface area contributed by atoms with Gasteiger partial charge in [0.1, 0.15) is 0 Å². The van der Waals surface area contributed by atoms with Gasteiger partial charge in [-0.3, -0.25) is 4.79 Å². The summed E-state index contributed by atoms with van der Waals surface area (Å²) < 4.78 is 16.2. The molecule has 30 heavy (non-hydrogen) atoms. The molecule has 0 aliphatic carbocycles. The van der Waals surface area contributed by atoms with Gasteiger partial charge in [0, 0.05) is 12.1 Å². The van der Waals surface area contributed by atoms with Gasteiger partial charge in [0.05, 0.1) is 21.3 Å². The molecule has 1 atom stereocenters. The summed E-state index contributed by atoms with van der Waals surface area (Å²) in [7, 11) is 4.76. The van der Waals surface area contributed by atoms with Crippen LogP contribution in [0.1, 0.15) is 37.3 Å². The summed E-state index contributed by atoms with van der Waals surface area (Å²) >= 11 is 0. The topological polar surface area (TPSA) is 56.8 Å². The fraction of sp³-hybridized carbons (Fsp3) is 0.320. The van der Waals surface area contributed by atoms with E-state index in [1.54, 1.807) is 27.4 Å². The number of carbonyl (C=O) groups excluding carboxylic acids is 1. The van der Waals surface area contributed by atoms with Crippen LogP contribution in [0, 0.1) is 0 Å². The third-order valence-corrected chi connectivity index (χ3v) is 4.63. The number of amides is 1. The van der Waals surface area contributed by atoms with Crippen LogP contribution in [0.3, 0.4) is 0 Å². The number of hydrogen-bond acceptors (Lipinski definition) is 4. The van der Waals surface area contributed by atoms with Crippen LogP contribution in [0.4, 0.5) is 0 Å². The maximum Gasteiger partial charge on any atom is 0.244 e. The number of nitrogens with one attached hydrogen (secondary N) is 1. The van der Waals surface area contributed by atoms with Crippen LogP contribution in [0.5, 0.6) is 17.2 Å². The Kier molecular flexibility index (Phi) is 9.52. The van der Waals surface area contributed by atoms with Gasteiger partial charge in [0.2, 0.25) is 11.7 Å². The quantitative estimate of drug-likeness (QED) is 0.524. The molecular weight excluding hydrogens is 378 g/mol. The van der Waals surface area contributed by atoms with E-state index < -0.39 is 0 Å². The zero-order valence-corrected chi connectivity index (χ0v) is 18.2. The Labute approximate surface area is 179 Å². The van der Waals surface area contributed by atoms with Crippen molar-refractivity contribution in [1.82, 2.24) is 5.32 Å². The van der Waals surface area contributed by atoms with Gasteiger partial charge in [-0.2, -0.15) is 0 Å². The van der Waals surface area contributed by atoms with Crippen molar-refractivity contribution >= 4 is 18.1 Å². The largest absolute Gasteiger partial charge is 0.493 e. The zero-order chi connectivity index (χ0) is 21.8. The zero-order valence-electron chi connectivity index (χ0n) is 18.2. The smallest absolute Gasteiger partial charge is 0.244 e. The molecule has 5 nitrogen and oxygen atoms in total. The lowest BCUT2D eigenvalue weighted by Crippen LogP contribution is -2.32. The normalized spacial score (nSPS) is 12.1. The van der Waals surface area contributed by atoms with Crippen LogP contribution in [-0.2, 0) is 4.79 Å². The fourth-order valence-electron chi connectivity index (χ4n) is 3.03. The predicted molar refractivity (Wildman–Crippen MR) is 122 cm³/mol. The second kappa shape index (κ2) is 12.4. The summed E-state index contributed by atoms with van der Waals surface area (Å²) in [5.41, 5.74) is 1.89. The van der Waals surface area contributed by atoms with Gasteiger partial charge < -0.3 is 19.5 Å². The van der Waals surface area contributed by atoms with Crippen molar-refractivity contribution in [2.75, 3.05) is 21.3 Å². The molecule has 0 bridgehead atoms. The van der Waals surface area contributed by atoms with Gasteiger partial charge >= 0.3 is 0 Å². The van der Waals surface area contributed by atoms with E-state index in [0.29, 0.717) is 17.2 Å². The highest BCUT2D eigenvalue weighted by Gasteiger charge is 2.13. The minimum Gasteiger partial charge on any atom is -0.493 e.